The fourth-order valence-corrected chi connectivity index (χ4v) is 4.67. The van der Waals surface area contributed by atoms with E-state index in [9.17, 15) is 0 Å². The number of hydrogen-bond donors (Lipinski definition) is 0. The summed E-state index contributed by atoms with van der Waals surface area (Å²) in [6, 6.07) is 22.5. The second-order valence-electron chi connectivity index (χ2n) is 7.11. The maximum absolute atomic E-state index is 2.44. The highest BCUT2D eigenvalue weighted by atomic mass is 14.5. The Labute approximate surface area is 143 Å². The van der Waals surface area contributed by atoms with Gasteiger partial charge in [0.15, 0.2) is 0 Å². The highest BCUT2D eigenvalue weighted by Gasteiger charge is 2.45. The molecule has 0 radical (unpaired) electrons. The molecule has 1 unspecified atom stereocenters. The molecule has 0 fully saturated rings. The van der Waals surface area contributed by atoms with Gasteiger partial charge in [0.05, 0.1) is 5.41 Å². The van der Waals surface area contributed by atoms with Gasteiger partial charge in [-0.2, -0.15) is 0 Å². The molecule has 0 nitrogen and oxygen atoms in total. The number of allylic oxidation sites excluding steroid dienone is 2. The van der Waals surface area contributed by atoms with Gasteiger partial charge in [-0.15, -0.1) is 0 Å². The summed E-state index contributed by atoms with van der Waals surface area (Å²) in [4.78, 5) is 0. The first-order chi connectivity index (χ1) is 11.7. The molecule has 0 N–H and O–H groups in total. The zero-order valence-electron chi connectivity index (χ0n) is 14.1. The Kier molecular flexibility index (Phi) is 2.71. The number of fused-ring (bicyclic) bond motifs is 3. The van der Waals surface area contributed by atoms with Crippen LogP contribution >= 0.6 is 0 Å². The van der Waals surface area contributed by atoms with Crippen LogP contribution in [0.4, 0.5) is 0 Å². The first-order valence-corrected chi connectivity index (χ1v) is 8.69. The van der Waals surface area contributed by atoms with Gasteiger partial charge >= 0.3 is 0 Å². The van der Waals surface area contributed by atoms with Crippen LogP contribution in [0.3, 0.4) is 0 Å². The molecule has 1 atom stereocenters. The van der Waals surface area contributed by atoms with E-state index in [1.54, 1.807) is 0 Å². The van der Waals surface area contributed by atoms with E-state index in [2.05, 4.69) is 86.7 Å². The topological polar surface area (TPSA) is 0 Å². The quantitative estimate of drug-likeness (QED) is 0.504. The molecule has 0 heteroatoms. The minimum absolute atomic E-state index is 0.127. The fourth-order valence-electron chi connectivity index (χ4n) is 4.67. The van der Waals surface area contributed by atoms with Gasteiger partial charge in [0.1, 0.15) is 0 Å². The third-order valence-electron chi connectivity index (χ3n) is 5.75. The number of rotatable bonds is 1. The molecule has 0 amide bonds. The number of benzene rings is 3. The van der Waals surface area contributed by atoms with Gasteiger partial charge in [0.2, 0.25) is 0 Å². The zero-order chi connectivity index (χ0) is 16.3. The first kappa shape index (κ1) is 13.8. The third-order valence-corrected chi connectivity index (χ3v) is 5.75. The summed E-state index contributed by atoms with van der Waals surface area (Å²) in [5.74, 6) is 0. The van der Waals surface area contributed by atoms with E-state index in [0.717, 1.165) is 6.42 Å². The lowest BCUT2D eigenvalue weighted by atomic mass is 9.67. The van der Waals surface area contributed by atoms with E-state index in [4.69, 9.17) is 0 Å². The maximum Gasteiger partial charge on any atom is 0.0647 e. The highest BCUT2D eigenvalue weighted by Crippen LogP contribution is 2.56. The second kappa shape index (κ2) is 4.70. The molecule has 116 valence electrons. The van der Waals surface area contributed by atoms with E-state index in [-0.39, 0.29) is 5.41 Å². The molecule has 0 saturated heterocycles. The summed E-state index contributed by atoms with van der Waals surface area (Å²) in [5.41, 5.74) is 11.2. The Morgan fingerprint density at radius 2 is 1.62 bits per heavy atom. The van der Waals surface area contributed by atoms with Crippen molar-refractivity contribution >= 4 is 0 Å². The molecule has 5 rings (SSSR count). The Bertz CT molecular complexity index is 992. The molecular weight excluding hydrogens is 288 g/mol. The van der Waals surface area contributed by atoms with Crippen LogP contribution in [0.25, 0.3) is 11.1 Å². The third kappa shape index (κ3) is 1.58. The minimum Gasteiger partial charge on any atom is -0.0826 e. The summed E-state index contributed by atoms with van der Waals surface area (Å²) in [6.45, 7) is 4.44. The predicted molar refractivity (Wildman–Crippen MR) is 101 cm³/mol. The lowest BCUT2D eigenvalue weighted by molar-refractivity contribution is 0.769. The Hall–Kier alpha value is -2.60. The normalized spacial score (nSPS) is 19.9. The van der Waals surface area contributed by atoms with Crippen LogP contribution in [-0.4, -0.2) is 0 Å². The molecule has 2 aliphatic rings. The summed E-state index contributed by atoms with van der Waals surface area (Å²) < 4.78 is 0. The highest BCUT2D eigenvalue weighted by molar-refractivity contribution is 5.87. The second-order valence-corrected chi connectivity index (χ2v) is 7.11. The van der Waals surface area contributed by atoms with Crippen molar-refractivity contribution in [2.75, 3.05) is 0 Å². The van der Waals surface area contributed by atoms with Crippen molar-refractivity contribution in [1.82, 2.24) is 0 Å². The smallest absolute Gasteiger partial charge is 0.0647 e. The van der Waals surface area contributed by atoms with Crippen LogP contribution in [0.2, 0.25) is 0 Å². The Morgan fingerprint density at radius 1 is 0.833 bits per heavy atom. The van der Waals surface area contributed by atoms with E-state index in [1.807, 2.05) is 0 Å². The van der Waals surface area contributed by atoms with Crippen LogP contribution in [0, 0.1) is 13.8 Å². The predicted octanol–water partition coefficient (Wildman–Crippen LogP) is 5.73. The molecule has 0 heterocycles. The van der Waals surface area contributed by atoms with Gasteiger partial charge in [-0.25, -0.2) is 0 Å². The van der Waals surface area contributed by atoms with Crippen molar-refractivity contribution in [3.63, 3.8) is 0 Å². The monoisotopic (exact) mass is 308 g/mol. The molecule has 0 saturated carbocycles. The number of aryl methyl sites for hydroxylation is 2. The van der Waals surface area contributed by atoms with Crippen molar-refractivity contribution in [3.8, 4) is 11.1 Å². The van der Waals surface area contributed by atoms with Gasteiger partial charge in [0, 0.05) is 0 Å². The summed E-state index contributed by atoms with van der Waals surface area (Å²) in [5, 5.41) is 0. The zero-order valence-corrected chi connectivity index (χ0v) is 14.1. The van der Waals surface area contributed by atoms with Crippen molar-refractivity contribution in [2.24, 2.45) is 0 Å². The lowest BCUT2D eigenvalue weighted by Crippen LogP contribution is -2.28. The van der Waals surface area contributed by atoms with Gasteiger partial charge in [-0.1, -0.05) is 78.4 Å². The molecule has 3 aromatic rings. The molecule has 0 bridgehead atoms. The lowest BCUT2D eigenvalue weighted by Gasteiger charge is -2.34. The summed E-state index contributed by atoms with van der Waals surface area (Å²) in [6.07, 6.45) is 5.85. The average molecular weight is 308 g/mol. The van der Waals surface area contributed by atoms with Crippen molar-refractivity contribution in [1.29, 1.82) is 0 Å². The molecule has 0 spiro atoms. The van der Waals surface area contributed by atoms with E-state index in [0.29, 0.717) is 0 Å². The van der Waals surface area contributed by atoms with Crippen LogP contribution in [-0.2, 0) is 11.8 Å². The van der Waals surface area contributed by atoms with Crippen LogP contribution in [0.5, 0.6) is 0 Å². The van der Waals surface area contributed by atoms with Crippen molar-refractivity contribution < 1.29 is 0 Å². The van der Waals surface area contributed by atoms with E-state index >= 15 is 0 Å². The molecule has 24 heavy (non-hydrogen) atoms. The van der Waals surface area contributed by atoms with Crippen molar-refractivity contribution in [3.05, 3.63) is 106 Å². The molecule has 3 aromatic carbocycles. The van der Waals surface area contributed by atoms with Crippen LogP contribution < -0.4 is 0 Å². The molecule has 2 aliphatic carbocycles. The van der Waals surface area contributed by atoms with Crippen LogP contribution in [0.1, 0.15) is 33.4 Å². The minimum atomic E-state index is -0.127. The molecular formula is C24H20. The molecule has 0 aromatic heterocycles. The first-order valence-electron chi connectivity index (χ1n) is 8.69. The molecule has 0 aliphatic heterocycles. The van der Waals surface area contributed by atoms with Gasteiger partial charge in [0.25, 0.3) is 0 Å². The van der Waals surface area contributed by atoms with Crippen molar-refractivity contribution in [2.45, 2.75) is 25.7 Å². The van der Waals surface area contributed by atoms with Crippen LogP contribution in [0.15, 0.2) is 72.8 Å². The SMILES string of the molecule is Cc1ccc2c(c1)C1(c3ccccc3)C=CCc3c(C)ccc-2c31. The fraction of sp³-hybridized carbons (Fsp3) is 0.167. The Balaban J connectivity index is 1.98. The van der Waals surface area contributed by atoms with E-state index in [1.165, 1.54) is 44.5 Å². The number of hydrogen-bond acceptors (Lipinski definition) is 0. The largest absolute Gasteiger partial charge is 0.0826 e. The average Bonchev–Trinajstić information content (AvgIpc) is 2.91. The maximum atomic E-state index is 2.44. The van der Waals surface area contributed by atoms with Gasteiger partial charge < -0.3 is 0 Å². The van der Waals surface area contributed by atoms with E-state index < -0.39 is 0 Å². The van der Waals surface area contributed by atoms with Gasteiger partial charge in [-0.05, 0) is 59.2 Å². The summed E-state index contributed by atoms with van der Waals surface area (Å²) >= 11 is 0. The summed E-state index contributed by atoms with van der Waals surface area (Å²) in [7, 11) is 0. The Morgan fingerprint density at radius 3 is 2.46 bits per heavy atom. The van der Waals surface area contributed by atoms with Gasteiger partial charge in [-0.3, -0.25) is 0 Å². The standard InChI is InChI=1S/C24H20/c1-16-10-12-20-21-13-11-17(2)19-9-6-14-24(23(19)21,22(20)15-16)18-7-4-3-5-8-18/h3-8,10-15H,9H2,1-2H3.